The molecule has 0 aliphatic rings. The van der Waals surface area contributed by atoms with Crippen LogP contribution in [0.3, 0.4) is 0 Å². The van der Waals surface area contributed by atoms with Gasteiger partial charge in [0.05, 0.1) is 17.4 Å². The number of likely N-dealkylation sites (N-methyl/N-ethyl adjacent to an activating group) is 1. The molecule has 0 unspecified atom stereocenters. The van der Waals surface area contributed by atoms with Crippen LogP contribution in [-0.2, 0) is 11.3 Å². The van der Waals surface area contributed by atoms with Crippen molar-refractivity contribution in [2.24, 2.45) is 0 Å². The van der Waals surface area contributed by atoms with Gasteiger partial charge >= 0.3 is 0 Å². The van der Waals surface area contributed by atoms with Gasteiger partial charge in [-0.15, -0.1) is 0 Å². The van der Waals surface area contributed by atoms with Gasteiger partial charge in [-0.1, -0.05) is 32.0 Å². The number of benzene rings is 2. The van der Waals surface area contributed by atoms with Crippen molar-refractivity contribution >= 4 is 16.8 Å². The monoisotopic (exact) mass is 379 g/mol. The van der Waals surface area contributed by atoms with E-state index < -0.39 is 0 Å². The first kappa shape index (κ1) is 19.6. The van der Waals surface area contributed by atoms with Crippen LogP contribution in [-0.4, -0.2) is 34.4 Å². The standard InChI is InChI=1S/C22H25N3O3/c1-14(2)17-10-9-16(11-15(17)3)28-13-21(26)25(4)12-20-23-19-8-6-5-7-18(19)22(27)24-20/h5-11,14H,12-13H2,1-4H3,(H,23,24,27). The number of hydrogen-bond acceptors (Lipinski definition) is 4. The lowest BCUT2D eigenvalue weighted by Crippen LogP contribution is -2.32. The molecule has 0 atom stereocenters. The largest absolute Gasteiger partial charge is 0.484 e. The van der Waals surface area contributed by atoms with Gasteiger partial charge in [-0.2, -0.15) is 0 Å². The molecule has 146 valence electrons. The third-order valence-corrected chi connectivity index (χ3v) is 4.70. The zero-order valence-corrected chi connectivity index (χ0v) is 16.7. The number of nitrogens with zero attached hydrogens (tertiary/aromatic N) is 2. The molecule has 0 spiro atoms. The van der Waals surface area contributed by atoms with Crippen molar-refractivity contribution in [3.8, 4) is 5.75 Å². The molecule has 0 radical (unpaired) electrons. The number of aromatic amines is 1. The van der Waals surface area contributed by atoms with Crippen LogP contribution < -0.4 is 10.3 Å². The van der Waals surface area contributed by atoms with Crippen molar-refractivity contribution in [2.45, 2.75) is 33.2 Å². The summed E-state index contributed by atoms with van der Waals surface area (Å²) >= 11 is 0. The lowest BCUT2D eigenvalue weighted by molar-refractivity contribution is -0.132. The van der Waals surface area contributed by atoms with Gasteiger partial charge in [-0.3, -0.25) is 9.59 Å². The Morgan fingerprint density at radius 2 is 1.96 bits per heavy atom. The van der Waals surface area contributed by atoms with E-state index in [4.69, 9.17) is 4.74 Å². The fourth-order valence-corrected chi connectivity index (χ4v) is 3.16. The zero-order valence-electron chi connectivity index (χ0n) is 16.7. The molecule has 6 nitrogen and oxygen atoms in total. The number of carbonyl (C=O) groups excluding carboxylic acids is 1. The smallest absolute Gasteiger partial charge is 0.260 e. The molecule has 0 aliphatic carbocycles. The molecular formula is C22H25N3O3. The summed E-state index contributed by atoms with van der Waals surface area (Å²) in [6.45, 7) is 6.46. The number of carbonyl (C=O) groups is 1. The van der Waals surface area contributed by atoms with Gasteiger partial charge in [-0.05, 0) is 48.2 Å². The second-order valence-corrected chi connectivity index (χ2v) is 7.24. The van der Waals surface area contributed by atoms with Gasteiger partial charge < -0.3 is 14.6 Å². The number of rotatable bonds is 6. The second kappa shape index (κ2) is 8.25. The molecule has 0 saturated heterocycles. The van der Waals surface area contributed by atoms with Crippen LogP contribution in [0.1, 0.15) is 36.7 Å². The van der Waals surface area contributed by atoms with Gasteiger partial charge in [0.2, 0.25) is 0 Å². The highest BCUT2D eigenvalue weighted by Gasteiger charge is 2.13. The van der Waals surface area contributed by atoms with Crippen molar-refractivity contribution in [2.75, 3.05) is 13.7 Å². The number of H-pyrrole nitrogens is 1. The van der Waals surface area contributed by atoms with Crippen molar-refractivity contribution in [1.29, 1.82) is 0 Å². The molecule has 6 heteroatoms. The number of nitrogens with one attached hydrogen (secondary N) is 1. The summed E-state index contributed by atoms with van der Waals surface area (Å²) < 4.78 is 5.65. The lowest BCUT2D eigenvalue weighted by atomic mass is 9.98. The molecular weight excluding hydrogens is 354 g/mol. The van der Waals surface area contributed by atoms with Crippen LogP contribution >= 0.6 is 0 Å². The fourth-order valence-electron chi connectivity index (χ4n) is 3.16. The van der Waals surface area contributed by atoms with E-state index in [1.807, 2.05) is 31.2 Å². The first-order valence-electron chi connectivity index (χ1n) is 9.30. The minimum absolute atomic E-state index is 0.0746. The first-order chi connectivity index (χ1) is 13.3. The maximum absolute atomic E-state index is 12.4. The minimum atomic E-state index is -0.210. The van der Waals surface area contributed by atoms with Crippen LogP contribution in [0.15, 0.2) is 47.3 Å². The number of aryl methyl sites for hydroxylation is 1. The normalized spacial score (nSPS) is 11.0. The van der Waals surface area contributed by atoms with E-state index in [9.17, 15) is 9.59 Å². The number of hydrogen-bond donors (Lipinski definition) is 1. The summed E-state index contributed by atoms with van der Waals surface area (Å²) in [6.07, 6.45) is 0. The van der Waals surface area contributed by atoms with Crippen LogP contribution in [0.5, 0.6) is 5.75 Å². The Hall–Kier alpha value is -3.15. The molecule has 1 heterocycles. The highest BCUT2D eigenvalue weighted by Crippen LogP contribution is 2.23. The van der Waals surface area contributed by atoms with Crippen LogP contribution in [0.25, 0.3) is 10.9 Å². The van der Waals surface area contributed by atoms with Crippen LogP contribution in [0, 0.1) is 6.92 Å². The number of fused-ring (bicyclic) bond motifs is 1. The Morgan fingerprint density at radius 1 is 1.21 bits per heavy atom. The maximum atomic E-state index is 12.4. The van der Waals surface area contributed by atoms with Crippen molar-refractivity contribution < 1.29 is 9.53 Å². The third-order valence-electron chi connectivity index (χ3n) is 4.70. The topological polar surface area (TPSA) is 75.3 Å². The molecule has 28 heavy (non-hydrogen) atoms. The summed E-state index contributed by atoms with van der Waals surface area (Å²) in [5.41, 5.74) is 2.81. The van der Waals surface area contributed by atoms with E-state index in [-0.39, 0.29) is 24.6 Å². The molecule has 0 aliphatic heterocycles. The molecule has 0 bridgehead atoms. The zero-order chi connectivity index (χ0) is 20.3. The number of aromatic nitrogens is 2. The fraction of sp³-hybridized carbons (Fsp3) is 0.318. The van der Waals surface area contributed by atoms with Gasteiger partial charge in [-0.25, -0.2) is 4.98 Å². The molecule has 0 fully saturated rings. The number of amides is 1. The average Bonchev–Trinajstić information content (AvgIpc) is 2.65. The highest BCUT2D eigenvalue weighted by atomic mass is 16.5. The third kappa shape index (κ3) is 4.39. The Balaban J connectivity index is 1.64. The van der Waals surface area contributed by atoms with E-state index in [0.717, 1.165) is 5.56 Å². The molecule has 1 aromatic heterocycles. The average molecular weight is 379 g/mol. The van der Waals surface area contributed by atoms with E-state index >= 15 is 0 Å². The van der Waals surface area contributed by atoms with Gasteiger partial charge in [0.25, 0.3) is 11.5 Å². The molecule has 1 amide bonds. The molecule has 1 N–H and O–H groups in total. The Labute approximate surface area is 164 Å². The van der Waals surface area contributed by atoms with E-state index in [1.165, 1.54) is 10.5 Å². The summed E-state index contributed by atoms with van der Waals surface area (Å²) in [6, 6.07) is 13.0. The van der Waals surface area contributed by atoms with Crippen molar-refractivity contribution in [3.05, 3.63) is 69.8 Å². The summed E-state index contributed by atoms with van der Waals surface area (Å²) in [4.78, 5) is 33.2. The molecule has 0 saturated carbocycles. The molecule has 3 rings (SSSR count). The number of ether oxygens (including phenoxy) is 1. The van der Waals surface area contributed by atoms with Gasteiger partial charge in [0.1, 0.15) is 11.6 Å². The van der Waals surface area contributed by atoms with Crippen molar-refractivity contribution in [3.63, 3.8) is 0 Å². The quantitative estimate of drug-likeness (QED) is 0.712. The van der Waals surface area contributed by atoms with Gasteiger partial charge in [0.15, 0.2) is 6.61 Å². The minimum Gasteiger partial charge on any atom is -0.484 e. The first-order valence-corrected chi connectivity index (χ1v) is 9.30. The Morgan fingerprint density at radius 3 is 2.68 bits per heavy atom. The van der Waals surface area contributed by atoms with E-state index in [1.54, 1.807) is 25.2 Å². The summed E-state index contributed by atoms with van der Waals surface area (Å²) in [5, 5.41) is 0.531. The summed E-state index contributed by atoms with van der Waals surface area (Å²) in [5.74, 6) is 1.36. The number of para-hydroxylation sites is 1. The SMILES string of the molecule is Cc1cc(OCC(=O)N(C)Cc2nc3ccccc3c(=O)[nH]2)ccc1C(C)C. The maximum Gasteiger partial charge on any atom is 0.260 e. The molecule has 2 aromatic carbocycles. The summed E-state index contributed by atoms with van der Waals surface area (Å²) in [7, 11) is 1.66. The Bertz CT molecular complexity index is 1060. The molecule has 3 aromatic rings. The van der Waals surface area contributed by atoms with Crippen molar-refractivity contribution in [1.82, 2.24) is 14.9 Å². The highest BCUT2D eigenvalue weighted by molar-refractivity contribution is 5.78. The lowest BCUT2D eigenvalue weighted by Gasteiger charge is -2.17. The second-order valence-electron chi connectivity index (χ2n) is 7.24. The van der Waals surface area contributed by atoms with Crippen LogP contribution in [0.4, 0.5) is 0 Å². The van der Waals surface area contributed by atoms with E-state index in [2.05, 4.69) is 23.8 Å². The predicted molar refractivity (Wildman–Crippen MR) is 110 cm³/mol. The van der Waals surface area contributed by atoms with Crippen LogP contribution in [0.2, 0.25) is 0 Å². The van der Waals surface area contributed by atoms with Gasteiger partial charge in [0, 0.05) is 7.05 Å². The van der Waals surface area contributed by atoms with E-state index in [0.29, 0.717) is 28.4 Å². The Kier molecular flexibility index (Phi) is 5.78. The predicted octanol–water partition coefficient (Wildman–Crippen LogP) is 3.39.